The summed E-state index contributed by atoms with van der Waals surface area (Å²) in [5.74, 6) is 1.48. The summed E-state index contributed by atoms with van der Waals surface area (Å²) in [6.07, 6.45) is 2.62. The first-order chi connectivity index (χ1) is 7.76. The van der Waals surface area contributed by atoms with Crippen LogP contribution >= 0.6 is 27.3 Å². The average Bonchev–Trinajstić information content (AvgIpc) is 2.83. The molecule has 4 nitrogen and oxygen atoms in total. The lowest BCUT2D eigenvalue weighted by Gasteiger charge is -2.08. The molecule has 0 aliphatic heterocycles. The summed E-state index contributed by atoms with van der Waals surface area (Å²) >= 11 is 5.04. The predicted octanol–water partition coefficient (Wildman–Crippen LogP) is 2.97. The molecule has 0 aliphatic rings. The first-order valence-corrected chi connectivity index (χ1v) is 6.57. The molecular weight excluding hydrogens is 288 g/mol. The Hall–Kier alpha value is -1.01. The minimum absolute atomic E-state index is 0.680. The Morgan fingerprint density at radius 2 is 2.25 bits per heavy atom. The van der Waals surface area contributed by atoms with Gasteiger partial charge in [-0.1, -0.05) is 6.92 Å². The smallest absolute Gasteiger partial charge is 0.190 e. The number of rotatable bonds is 3. The van der Waals surface area contributed by atoms with Crippen molar-refractivity contribution in [2.45, 2.75) is 13.3 Å². The Morgan fingerprint density at radius 1 is 1.44 bits per heavy atom. The van der Waals surface area contributed by atoms with E-state index in [1.165, 1.54) is 0 Å². The first-order valence-electron chi connectivity index (χ1n) is 4.90. The fourth-order valence-corrected chi connectivity index (χ4v) is 2.55. The van der Waals surface area contributed by atoms with Crippen molar-refractivity contribution in [2.24, 2.45) is 0 Å². The average molecular weight is 299 g/mol. The summed E-state index contributed by atoms with van der Waals surface area (Å²) < 4.78 is 0.929. The van der Waals surface area contributed by atoms with Crippen molar-refractivity contribution in [3.05, 3.63) is 21.7 Å². The van der Waals surface area contributed by atoms with E-state index in [1.807, 2.05) is 12.4 Å². The summed E-state index contributed by atoms with van der Waals surface area (Å²) in [7, 11) is 1.85. The summed E-state index contributed by atoms with van der Waals surface area (Å²) in [6, 6.07) is 0. The standard InChI is InChI=1S/C10H11BrN4S/c1-3-6-7(11)8(12-2)15-9(14-6)10-13-4-5-16-10/h4-5H,3H2,1-2H3,(H,12,14,15). The van der Waals surface area contributed by atoms with E-state index in [0.717, 1.165) is 27.4 Å². The second-order valence-electron chi connectivity index (χ2n) is 3.10. The molecule has 2 aromatic rings. The van der Waals surface area contributed by atoms with Crippen LogP contribution in [0.25, 0.3) is 10.8 Å². The van der Waals surface area contributed by atoms with Crippen molar-refractivity contribution in [2.75, 3.05) is 12.4 Å². The van der Waals surface area contributed by atoms with Crippen molar-refractivity contribution < 1.29 is 0 Å². The highest BCUT2D eigenvalue weighted by atomic mass is 79.9. The third-order valence-corrected chi connectivity index (χ3v) is 3.72. The van der Waals surface area contributed by atoms with Crippen LogP contribution in [-0.2, 0) is 6.42 Å². The van der Waals surface area contributed by atoms with Crippen molar-refractivity contribution in [3.63, 3.8) is 0 Å². The molecule has 0 unspecified atom stereocenters. The van der Waals surface area contributed by atoms with Gasteiger partial charge in [-0.2, -0.15) is 0 Å². The van der Waals surface area contributed by atoms with E-state index in [9.17, 15) is 0 Å². The van der Waals surface area contributed by atoms with Gasteiger partial charge in [-0.25, -0.2) is 15.0 Å². The van der Waals surface area contributed by atoms with Gasteiger partial charge in [0.15, 0.2) is 10.8 Å². The van der Waals surface area contributed by atoms with Crippen molar-refractivity contribution in [3.8, 4) is 10.8 Å². The van der Waals surface area contributed by atoms with Gasteiger partial charge >= 0.3 is 0 Å². The van der Waals surface area contributed by atoms with Crippen LogP contribution in [0.3, 0.4) is 0 Å². The molecule has 0 aromatic carbocycles. The Labute approximate surface area is 106 Å². The Balaban J connectivity index is 2.56. The summed E-state index contributed by atoms with van der Waals surface area (Å²) in [5, 5.41) is 5.82. The van der Waals surface area contributed by atoms with Gasteiger partial charge in [-0.15, -0.1) is 11.3 Å². The molecule has 2 aromatic heterocycles. The molecule has 0 saturated heterocycles. The highest BCUT2D eigenvalue weighted by Crippen LogP contribution is 2.27. The maximum Gasteiger partial charge on any atom is 0.190 e. The van der Waals surface area contributed by atoms with Crippen LogP contribution < -0.4 is 5.32 Å². The molecule has 0 saturated carbocycles. The second kappa shape index (κ2) is 4.88. The number of thiazole rings is 1. The van der Waals surface area contributed by atoms with Crippen LogP contribution in [0.2, 0.25) is 0 Å². The van der Waals surface area contributed by atoms with E-state index < -0.39 is 0 Å². The largest absolute Gasteiger partial charge is 0.372 e. The van der Waals surface area contributed by atoms with Gasteiger partial charge in [0.05, 0.1) is 10.2 Å². The van der Waals surface area contributed by atoms with Gasteiger partial charge in [-0.05, 0) is 22.4 Å². The van der Waals surface area contributed by atoms with E-state index in [0.29, 0.717) is 5.82 Å². The van der Waals surface area contributed by atoms with Crippen molar-refractivity contribution in [1.82, 2.24) is 15.0 Å². The van der Waals surface area contributed by atoms with Gasteiger partial charge in [-0.3, -0.25) is 0 Å². The minimum atomic E-state index is 0.680. The number of hydrogen-bond donors (Lipinski definition) is 1. The topological polar surface area (TPSA) is 50.7 Å². The predicted molar refractivity (Wildman–Crippen MR) is 69.8 cm³/mol. The van der Waals surface area contributed by atoms with Crippen LogP contribution in [0, 0.1) is 0 Å². The molecule has 2 rings (SSSR count). The van der Waals surface area contributed by atoms with Gasteiger partial charge in [0.1, 0.15) is 5.82 Å². The van der Waals surface area contributed by atoms with E-state index >= 15 is 0 Å². The molecule has 6 heteroatoms. The molecule has 2 heterocycles. The zero-order valence-electron chi connectivity index (χ0n) is 8.99. The van der Waals surface area contributed by atoms with Crippen LogP contribution in [-0.4, -0.2) is 22.0 Å². The molecule has 0 amide bonds. The molecule has 0 radical (unpaired) electrons. The number of nitrogens with one attached hydrogen (secondary N) is 1. The van der Waals surface area contributed by atoms with Crippen molar-refractivity contribution in [1.29, 1.82) is 0 Å². The number of hydrogen-bond acceptors (Lipinski definition) is 5. The van der Waals surface area contributed by atoms with Crippen LogP contribution in [0.4, 0.5) is 5.82 Å². The fourth-order valence-electron chi connectivity index (χ4n) is 1.32. The van der Waals surface area contributed by atoms with Crippen molar-refractivity contribution >= 4 is 33.1 Å². The molecule has 0 atom stereocenters. The Kier molecular flexibility index (Phi) is 3.50. The van der Waals surface area contributed by atoms with Gasteiger partial charge < -0.3 is 5.32 Å². The summed E-state index contributed by atoms with van der Waals surface area (Å²) in [6.45, 7) is 2.07. The van der Waals surface area contributed by atoms with E-state index in [1.54, 1.807) is 17.5 Å². The Morgan fingerprint density at radius 3 is 2.81 bits per heavy atom. The minimum Gasteiger partial charge on any atom is -0.372 e. The number of aryl methyl sites for hydroxylation is 1. The van der Waals surface area contributed by atoms with Gasteiger partial charge in [0.25, 0.3) is 0 Å². The zero-order chi connectivity index (χ0) is 11.5. The van der Waals surface area contributed by atoms with E-state index in [2.05, 4.69) is 43.1 Å². The molecule has 0 aliphatic carbocycles. The molecule has 84 valence electrons. The number of aromatic nitrogens is 3. The molecule has 1 N–H and O–H groups in total. The summed E-state index contributed by atoms with van der Waals surface area (Å²) in [5.41, 5.74) is 0.990. The first kappa shape index (κ1) is 11.5. The lowest BCUT2D eigenvalue weighted by molar-refractivity contribution is 0.989. The van der Waals surface area contributed by atoms with E-state index in [4.69, 9.17) is 0 Å². The Bertz CT molecular complexity index is 459. The normalized spacial score (nSPS) is 10.4. The van der Waals surface area contributed by atoms with Gasteiger partial charge in [0, 0.05) is 18.6 Å². The lowest BCUT2D eigenvalue weighted by atomic mass is 10.3. The fraction of sp³-hybridized carbons (Fsp3) is 0.300. The lowest BCUT2D eigenvalue weighted by Crippen LogP contribution is -2.02. The van der Waals surface area contributed by atoms with E-state index in [-0.39, 0.29) is 0 Å². The van der Waals surface area contributed by atoms with Gasteiger partial charge in [0.2, 0.25) is 0 Å². The molecule has 0 spiro atoms. The monoisotopic (exact) mass is 298 g/mol. The molecule has 0 bridgehead atoms. The third-order valence-electron chi connectivity index (χ3n) is 2.12. The summed E-state index contributed by atoms with van der Waals surface area (Å²) in [4.78, 5) is 13.1. The highest BCUT2D eigenvalue weighted by Gasteiger charge is 2.12. The molecule has 16 heavy (non-hydrogen) atoms. The number of halogens is 1. The number of nitrogens with zero attached hydrogens (tertiary/aromatic N) is 3. The van der Waals surface area contributed by atoms with Crippen LogP contribution in [0.15, 0.2) is 16.0 Å². The number of anilines is 1. The van der Waals surface area contributed by atoms with Crippen LogP contribution in [0.5, 0.6) is 0 Å². The second-order valence-corrected chi connectivity index (χ2v) is 4.78. The third kappa shape index (κ3) is 2.08. The quantitative estimate of drug-likeness (QED) is 0.946. The maximum absolute atomic E-state index is 4.49. The maximum atomic E-state index is 4.49. The highest BCUT2D eigenvalue weighted by molar-refractivity contribution is 9.10. The SMILES string of the molecule is CCc1nc(-c2nccs2)nc(NC)c1Br. The molecular formula is C10H11BrN4S. The molecule has 0 fully saturated rings. The zero-order valence-corrected chi connectivity index (χ0v) is 11.4. The van der Waals surface area contributed by atoms with Crippen LogP contribution in [0.1, 0.15) is 12.6 Å².